The first-order chi connectivity index (χ1) is 14.3. The lowest BCUT2D eigenvalue weighted by Crippen LogP contribution is -2.20. The maximum absolute atomic E-state index is 13.7. The third-order valence-electron chi connectivity index (χ3n) is 3.64. The lowest BCUT2D eigenvalue weighted by molar-refractivity contribution is -0.385. The summed E-state index contributed by atoms with van der Waals surface area (Å²) in [5, 5.41) is 20.2. The van der Waals surface area contributed by atoms with Crippen LogP contribution in [0.15, 0.2) is 52.9 Å². The molecule has 0 fully saturated rings. The van der Waals surface area contributed by atoms with Gasteiger partial charge in [-0.2, -0.15) is 0 Å². The molecular weight excluding hydrogens is 439 g/mol. The minimum atomic E-state index is -3.97. The second kappa shape index (κ2) is 8.92. The van der Waals surface area contributed by atoms with Crippen LogP contribution in [0.2, 0.25) is 0 Å². The highest BCUT2D eigenvalue weighted by molar-refractivity contribution is 7.92. The number of hydrogen-bond donors (Lipinski definition) is 1. The Kier molecular flexibility index (Phi) is 6.32. The molecule has 0 bridgehead atoms. The van der Waals surface area contributed by atoms with Crippen molar-refractivity contribution in [1.29, 1.82) is 0 Å². The van der Waals surface area contributed by atoms with E-state index in [0.717, 1.165) is 6.07 Å². The number of carbonyl (C=O) groups excluding carboxylic acids is 1. The lowest BCUT2D eigenvalue weighted by atomic mass is 10.2. The topological polar surface area (TPSA) is 141 Å². The highest BCUT2D eigenvalue weighted by atomic mass is 32.2. The number of para-hydroxylation sites is 2. The van der Waals surface area contributed by atoms with Gasteiger partial charge in [0.05, 0.1) is 10.7 Å². The fourth-order valence-electron chi connectivity index (χ4n) is 2.30. The number of benzene rings is 2. The number of ether oxygens (including phenoxy) is 1. The van der Waals surface area contributed by atoms with Crippen LogP contribution < -0.4 is 10.1 Å². The molecular formula is C17H13FN4O6S2. The largest absolute Gasteiger partial charge is 0.477 e. The van der Waals surface area contributed by atoms with Crippen LogP contribution in [0.1, 0.15) is 5.56 Å². The number of nitrogens with zero attached hydrogens (tertiary/aromatic N) is 3. The van der Waals surface area contributed by atoms with E-state index in [4.69, 9.17) is 4.74 Å². The van der Waals surface area contributed by atoms with E-state index in [2.05, 4.69) is 15.5 Å². The number of carbonyl (C=O) groups is 1. The summed E-state index contributed by atoms with van der Waals surface area (Å²) in [6.07, 6.45) is 0. The van der Waals surface area contributed by atoms with Gasteiger partial charge in [0.2, 0.25) is 19.3 Å². The molecule has 30 heavy (non-hydrogen) atoms. The highest BCUT2D eigenvalue weighted by Gasteiger charge is 2.23. The predicted molar refractivity (Wildman–Crippen MR) is 104 cm³/mol. The quantitative estimate of drug-likeness (QED) is 0.312. The van der Waals surface area contributed by atoms with Crippen molar-refractivity contribution in [3.05, 3.63) is 70.0 Å². The number of aromatic nitrogens is 2. The molecule has 1 heterocycles. The number of sulfone groups is 1. The van der Waals surface area contributed by atoms with Crippen LogP contribution in [-0.4, -0.2) is 36.1 Å². The maximum atomic E-state index is 13.7. The minimum Gasteiger partial charge on any atom is -0.477 e. The van der Waals surface area contributed by atoms with Gasteiger partial charge in [-0.3, -0.25) is 20.2 Å². The van der Waals surface area contributed by atoms with Crippen molar-refractivity contribution in [2.75, 3.05) is 11.9 Å². The molecule has 2 aromatic carbocycles. The van der Waals surface area contributed by atoms with Crippen LogP contribution in [0.25, 0.3) is 0 Å². The summed E-state index contributed by atoms with van der Waals surface area (Å²) in [5.74, 6) is -2.08. The van der Waals surface area contributed by atoms with E-state index in [-0.39, 0.29) is 26.5 Å². The molecule has 0 saturated heterocycles. The highest BCUT2D eigenvalue weighted by Crippen LogP contribution is 2.26. The third kappa shape index (κ3) is 5.12. The summed E-state index contributed by atoms with van der Waals surface area (Å²) >= 11 is 0.595. The van der Waals surface area contributed by atoms with Gasteiger partial charge >= 0.3 is 5.69 Å². The zero-order valence-electron chi connectivity index (χ0n) is 15.0. The molecule has 1 N–H and O–H groups in total. The third-order valence-corrected chi connectivity index (χ3v) is 6.59. The Balaban J connectivity index is 1.63. The molecule has 0 spiro atoms. The van der Waals surface area contributed by atoms with Crippen molar-refractivity contribution in [2.45, 2.75) is 10.1 Å². The van der Waals surface area contributed by atoms with Crippen LogP contribution in [-0.2, 0) is 20.4 Å². The van der Waals surface area contributed by atoms with Gasteiger partial charge in [-0.1, -0.05) is 41.7 Å². The van der Waals surface area contributed by atoms with Crippen molar-refractivity contribution < 1.29 is 27.3 Å². The smallest absolute Gasteiger partial charge is 0.310 e. The number of amides is 1. The molecule has 0 unspecified atom stereocenters. The number of nitrogens with one attached hydrogen (secondary N) is 1. The van der Waals surface area contributed by atoms with Gasteiger partial charge in [-0.05, 0) is 12.1 Å². The zero-order chi connectivity index (χ0) is 21.7. The maximum Gasteiger partial charge on any atom is 0.310 e. The molecule has 0 aliphatic carbocycles. The lowest BCUT2D eigenvalue weighted by Gasteiger charge is -2.05. The fourth-order valence-corrected chi connectivity index (χ4v) is 4.64. The molecule has 1 amide bonds. The number of halogens is 1. The van der Waals surface area contributed by atoms with E-state index in [1.807, 2.05) is 0 Å². The van der Waals surface area contributed by atoms with Gasteiger partial charge in [-0.25, -0.2) is 12.8 Å². The van der Waals surface area contributed by atoms with E-state index in [1.165, 1.54) is 42.5 Å². The van der Waals surface area contributed by atoms with Crippen LogP contribution in [0.4, 0.5) is 15.2 Å². The summed E-state index contributed by atoms with van der Waals surface area (Å²) in [7, 11) is -3.97. The molecule has 3 aromatic rings. The average Bonchev–Trinajstić information content (AvgIpc) is 3.17. The number of hydrogen-bond acceptors (Lipinski definition) is 9. The summed E-state index contributed by atoms with van der Waals surface area (Å²) in [6.45, 7) is -0.568. The van der Waals surface area contributed by atoms with E-state index in [1.54, 1.807) is 0 Å². The SMILES string of the molecule is O=C(COc1ccccc1[N+](=O)[O-])Nc1nnc(S(=O)(=O)Cc2ccccc2F)s1. The molecule has 0 atom stereocenters. The number of nitro groups is 1. The second-order valence-electron chi connectivity index (χ2n) is 5.79. The van der Waals surface area contributed by atoms with Crippen molar-refractivity contribution in [1.82, 2.24) is 10.2 Å². The molecule has 13 heteroatoms. The molecule has 0 aliphatic heterocycles. The summed E-state index contributed by atoms with van der Waals surface area (Å²) in [4.78, 5) is 22.3. The molecule has 156 valence electrons. The van der Waals surface area contributed by atoms with Gasteiger partial charge in [-0.15, -0.1) is 10.2 Å². The Morgan fingerprint density at radius 1 is 1.17 bits per heavy atom. The van der Waals surface area contributed by atoms with E-state index >= 15 is 0 Å². The van der Waals surface area contributed by atoms with Gasteiger partial charge in [0.15, 0.2) is 12.4 Å². The van der Waals surface area contributed by atoms with Crippen molar-refractivity contribution in [3.8, 4) is 5.75 Å². The van der Waals surface area contributed by atoms with Crippen LogP contribution >= 0.6 is 11.3 Å². The Hall–Kier alpha value is -3.45. The van der Waals surface area contributed by atoms with Crippen molar-refractivity contribution in [3.63, 3.8) is 0 Å². The summed E-state index contributed by atoms with van der Waals surface area (Å²) in [5.41, 5.74) is -0.320. The van der Waals surface area contributed by atoms with Crippen molar-refractivity contribution >= 4 is 37.9 Å². The molecule has 0 saturated carbocycles. The molecule has 1 aromatic heterocycles. The summed E-state index contributed by atoms with van der Waals surface area (Å²) in [6, 6.07) is 11.0. The number of anilines is 1. The fraction of sp³-hybridized carbons (Fsp3) is 0.118. The first-order valence-corrected chi connectivity index (χ1v) is 10.7. The second-order valence-corrected chi connectivity index (χ2v) is 8.93. The van der Waals surface area contributed by atoms with Gasteiger partial charge in [0, 0.05) is 11.6 Å². The minimum absolute atomic E-state index is 0.0175. The normalized spacial score (nSPS) is 11.1. The number of rotatable bonds is 8. The van der Waals surface area contributed by atoms with Crippen molar-refractivity contribution in [2.24, 2.45) is 0 Å². The molecule has 0 radical (unpaired) electrons. The average molecular weight is 452 g/mol. The van der Waals surface area contributed by atoms with E-state index in [0.29, 0.717) is 11.3 Å². The summed E-state index contributed by atoms with van der Waals surface area (Å²) < 4.78 is 43.3. The van der Waals surface area contributed by atoms with Gasteiger partial charge < -0.3 is 4.74 Å². The van der Waals surface area contributed by atoms with Crippen LogP contribution in [0.5, 0.6) is 5.75 Å². The Labute approximate surface area is 173 Å². The standard InChI is InChI=1S/C17H13FN4O6S2/c18-12-6-2-1-5-11(12)10-30(26,27)17-21-20-16(29-17)19-15(23)9-28-14-8-4-3-7-13(14)22(24)25/h1-8H,9-10H2,(H,19,20,23). The molecule has 0 aliphatic rings. The Morgan fingerprint density at radius 2 is 1.87 bits per heavy atom. The molecule has 10 nitrogen and oxygen atoms in total. The first-order valence-electron chi connectivity index (χ1n) is 8.22. The van der Waals surface area contributed by atoms with Crippen LogP contribution in [0.3, 0.4) is 0 Å². The van der Waals surface area contributed by atoms with Gasteiger partial charge in [0.25, 0.3) is 5.91 Å². The molecule has 3 rings (SSSR count). The van der Waals surface area contributed by atoms with Gasteiger partial charge in [0.1, 0.15) is 5.82 Å². The Morgan fingerprint density at radius 3 is 2.60 bits per heavy atom. The monoisotopic (exact) mass is 452 g/mol. The number of nitro benzene ring substituents is 1. The zero-order valence-corrected chi connectivity index (χ0v) is 16.7. The Bertz CT molecular complexity index is 1200. The van der Waals surface area contributed by atoms with E-state index in [9.17, 15) is 27.7 Å². The first kappa shape index (κ1) is 21.3. The van der Waals surface area contributed by atoms with E-state index < -0.39 is 38.8 Å². The van der Waals surface area contributed by atoms with Crippen LogP contribution in [0, 0.1) is 15.9 Å². The predicted octanol–water partition coefficient (Wildman–Crippen LogP) is 2.58.